The van der Waals surface area contributed by atoms with Crippen molar-refractivity contribution in [1.29, 1.82) is 0 Å². The lowest BCUT2D eigenvalue weighted by Gasteiger charge is -2.19. The van der Waals surface area contributed by atoms with Crippen molar-refractivity contribution in [3.8, 4) is 0 Å². The number of rotatable bonds is 5. The van der Waals surface area contributed by atoms with E-state index < -0.39 is 0 Å². The van der Waals surface area contributed by atoms with Crippen LogP contribution in [0.4, 0.5) is 5.69 Å². The minimum atomic E-state index is -0.361. The minimum Gasteiger partial charge on any atom is -0.342 e. The average molecular weight is 381 g/mol. The molecule has 25 heavy (non-hydrogen) atoms. The number of amides is 2. The number of carbonyl (C=O) groups excluding carboxylic acids is 2. The summed E-state index contributed by atoms with van der Waals surface area (Å²) in [4.78, 5) is 26.5. The van der Waals surface area contributed by atoms with Crippen LogP contribution in [0.3, 0.4) is 0 Å². The predicted molar refractivity (Wildman–Crippen MR) is 101 cm³/mol. The van der Waals surface area contributed by atoms with Gasteiger partial charge in [-0.15, -0.1) is 0 Å². The third-order valence-corrected chi connectivity index (χ3v) is 5.51. The van der Waals surface area contributed by atoms with Gasteiger partial charge < -0.3 is 10.2 Å². The van der Waals surface area contributed by atoms with E-state index in [-0.39, 0.29) is 24.2 Å². The van der Waals surface area contributed by atoms with Crippen molar-refractivity contribution in [2.45, 2.75) is 38.5 Å². The molecule has 6 heteroatoms. The van der Waals surface area contributed by atoms with Crippen LogP contribution in [0.2, 0.25) is 10.0 Å². The fraction of sp³-hybridized carbons (Fsp3) is 0.474. The van der Waals surface area contributed by atoms with Crippen LogP contribution in [-0.2, 0) is 9.59 Å². The highest BCUT2D eigenvalue weighted by molar-refractivity contribution is 6.39. The zero-order chi connectivity index (χ0) is 17.8. The van der Waals surface area contributed by atoms with Crippen molar-refractivity contribution in [1.82, 2.24) is 4.90 Å². The molecule has 1 saturated heterocycles. The second-order valence-electron chi connectivity index (χ2n) is 6.68. The highest BCUT2D eigenvalue weighted by Gasteiger charge is 2.34. The van der Waals surface area contributed by atoms with Crippen LogP contribution in [0.1, 0.15) is 38.5 Å². The van der Waals surface area contributed by atoms with E-state index in [9.17, 15) is 9.59 Å². The van der Waals surface area contributed by atoms with Crippen molar-refractivity contribution in [3.05, 3.63) is 39.9 Å². The predicted octanol–water partition coefficient (Wildman–Crippen LogP) is 4.67. The Bertz CT molecular complexity index is 682. The van der Waals surface area contributed by atoms with Crippen LogP contribution in [0.15, 0.2) is 29.8 Å². The summed E-state index contributed by atoms with van der Waals surface area (Å²) in [7, 11) is 0. The van der Waals surface area contributed by atoms with Gasteiger partial charge in [-0.25, -0.2) is 0 Å². The molecule has 1 unspecified atom stereocenters. The first kappa shape index (κ1) is 18.3. The Kier molecular flexibility index (Phi) is 6.02. The van der Waals surface area contributed by atoms with Crippen molar-refractivity contribution in [2.24, 2.45) is 5.92 Å². The van der Waals surface area contributed by atoms with Crippen molar-refractivity contribution in [3.63, 3.8) is 0 Å². The highest BCUT2D eigenvalue weighted by Crippen LogP contribution is 2.31. The molecule has 0 aromatic heterocycles. The number of para-hydroxylation sites is 1. The van der Waals surface area contributed by atoms with Gasteiger partial charge in [-0.1, -0.05) is 40.9 Å². The average Bonchev–Trinajstić information content (AvgIpc) is 2.98. The van der Waals surface area contributed by atoms with Gasteiger partial charge >= 0.3 is 0 Å². The number of benzene rings is 1. The second-order valence-corrected chi connectivity index (χ2v) is 7.50. The molecule has 0 radical (unpaired) electrons. The standard InChI is InChI=1S/C19H22Cl2N2O2/c20-15-7-4-8-16(21)18(15)22-19(25)14-11-17(24)23(12-14)10-9-13-5-2-1-3-6-13/h4-5,7-8,14H,1-3,6,9-12H2,(H,22,25). The molecule has 1 heterocycles. The van der Waals surface area contributed by atoms with Gasteiger partial charge in [0.15, 0.2) is 0 Å². The summed E-state index contributed by atoms with van der Waals surface area (Å²) in [6, 6.07) is 5.07. The number of halogens is 2. The minimum absolute atomic E-state index is 0.0433. The molecule has 1 aliphatic heterocycles. The Labute approximate surface area is 158 Å². The van der Waals surface area contributed by atoms with Crippen LogP contribution >= 0.6 is 23.2 Å². The first-order valence-corrected chi connectivity index (χ1v) is 9.50. The van der Waals surface area contributed by atoms with Crippen LogP contribution < -0.4 is 5.32 Å². The third kappa shape index (κ3) is 4.56. The molecule has 0 bridgehead atoms. The number of hydrogen-bond acceptors (Lipinski definition) is 2. The molecular weight excluding hydrogens is 359 g/mol. The number of nitrogens with zero attached hydrogens (tertiary/aromatic N) is 1. The van der Waals surface area contributed by atoms with Crippen LogP contribution in [0.5, 0.6) is 0 Å². The highest BCUT2D eigenvalue weighted by atomic mass is 35.5. The molecule has 2 aliphatic rings. The molecule has 1 N–H and O–H groups in total. The van der Waals surface area contributed by atoms with Gasteiger partial charge in [0, 0.05) is 19.5 Å². The maximum atomic E-state index is 12.5. The first-order chi connectivity index (χ1) is 12.0. The van der Waals surface area contributed by atoms with Crippen molar-refractivity contribution in [2.75, 3.05) is 18.4 Å². The molecule has 3 rings (SSSR count). The largest absolute Gasteiger partial charge is 0.342 e. The molecule has 1 aromatic carbocycles. The zero-order valence-electron chi connectivity index (χ0n) is 14.1. The fourth-order valence-electron chi connectivity index (χ4n) is 3.42. The summed E-state index contributed by atoms with van der Waals surface area (Å²) in [5.41, 5.74) is 1.85. The molecule has 0 saturated carbocycles. The van der Waals surface area contributed by atoms with E-state index in [4.69, 9.17) is 23.2 Å². The molecule has 1 aliphatic carbocycles. The molecule has 1 aromatic rings. The molecule has 1 fully saturated rings. The SMILES string of the molecule is O=C(Nc1c(Cl)cccc1Cl)C1CC(=O)N(CCC2=CCCCC2)C1. The Balaban J connectivity index is 1.56. The summed E-state index contributed by atoms with van der Waals surface area (Å²) < 4.78 is 0. The van der Waals surface area contributed by atoms with Crippen molar-refractivity contribution >= 4 is 40.7 Å². The van der Waals surface area contributed by atoms with Crippen LogP contribution in [-0.4, -0.2) is 29.8 Å². The lowest BCUT2D eigenvalue weighted by Crippen LogP contribution is -2.29. The van der Waals surface area contributed by atoms with Gasteiger partial charge in [-0.3, -0.25) is 9.59 Å². The van der Waals surface area contributed by atoms with Crippen LogP contribution in [0, 0.1) is 5.92 Å². The van der Waals surface area contributed by atoms with Gasteiger partial charge in [-0.2, -0.15) is 0 Å². The third-order valence-electron chi connectivity index (χ3n) is 4.88. The molecule has 2 amide bonds. The first-order valence-electron chi connectivity index (χ1n) is 8.75. The van der Waals surface area contributed by atoms with E-state index in [1.54, 1.807) is 23.1 Å². The number of anilines is 1. The number of allylic oxidation sites excluding steroid dienone is 1. The Morgan fingerprint density at radius 1 is 1.24 bits per heavy atom. The normalized spacial score (nSPS) is 20.6. The van der Waals surface area contributed by atoms with E-state index in [0.717, 1.165) is 19.3 Å². The van der Waals surface area contributed by atoms with Crippen LogP contribution in [0.25, 0.3) is 0 Å². The smallest absolute Gasteiger partial charge is 0.229 e. The quantitative estimate of drug-likeness (QED) is 0.754. The summed E-state index contributed by atoms with van der Waals surface area (Å²) in [6.07, 6.45) is 8.24. The summed E-state index contributed by atoms with van der Waals surface area (Å²) in [6.45, 7) is 1.15. The monoisotopic (exact) mass is 380 g/mol. The maximum absolute atomic E-state index is 12.5. The Hall–Kier alpha value is -1.52. The van der Waals surface area contributed by atoms with Gasteiger partial charge in [0.2, 0.25) is 11.8 Å². The van der Waals surface area contributed by atoms with Gasteiger partial charge in [0.05, 0.1) is 21.7 Å². The second kappa shape index (κ2) is 8.24. The summed E-state index contributed by atoms with van der Waals surface area (Å²) in [5.74, 6) is -0.523. The maximum Gasteiger partial charge on any atom is 0.229 e. The van der Waals surface area contributed by atoms with Gasteiger partial charge in [0.25, 0.3) is 0 Å². The molecule has 4 nitrogen and oxygen atoms in total. The Morgan fingerprint density at radius 2 is 2.00 bits per heavy atom. The number of likely N-dealkylation sites (tertiary alicyclic amines) is 1. The fourth-order valence-corrected chi connectivity index (χ4v) is 3.91. The topological polar surface area (TPSA) is 49.4 Å². The lowest BCUT2D eigenvalue weighted by atomic mass is 9.97. The molecule has 134 valence electrons. The number of nitrogens with one attached hydrogen (secondary N) is 1. The number of hydrogen-bond donors (Lipinski definition) is 1. The lowest BCUT2D eigenvalue weighted by molar-refractivity contribution is -0.128. The summed E-state index contributed by atoms with van der Waals surface area (Å²) in [5, 5.41) is 3.56. The Morgan fingerprint density at radius 3 is 2.68 bits per heavy atom. The van der Waals surface area contributed by atoms with E-state index in [1.807, 2.05) is 0 Å². The van der Waals surface area contributed by atoms with E-state index in [0.29, 0.717) is 28.8 Å². The van der Waals surface area contributed by atoms with E-state index in [1.165, 1.54) is 18.4 Å². The van der Waals surface area contributed by atoms with Gasteiger partial charge in [-0.05, 0) is 44.2 Å². The van der Waals surface area contributed by atoms with Crippen molar-refractivity contribution < 1.29 is 9.59 Å². The zero-order valence-corrected chi connectivity index (χ0v) is 15.6. The van der Waals surface area contributed by atoms with E-state index >= 15 is 0 Å². The molecule has 1 atom stereocenters. The summed E-state index contributed by atoms with van der Waals surface area (Å²) >= 11 is 12.2. The molecule has 0 spiro atoms. The number of carbonyl (C=O) groups is 2. The van der Waals surface area contributed by atoms with E-state index in [2.05, 4.69) is 11.4 Å². The van der Waals surface area contributed by atoms with Gasteiger partial charge in [0.1, 0.15) is 0 Å². The molecular formula is C19H22Cl2N2O2.